The molecule has 2 heterocycles. The highest BCUT2D eigenvalue weighted by molar-refractivity contribution is 9.11. The molecule has 2 aromatic rings. The van der Waals surface area contributed by atoms with Crippen molar-refractivity contribution in [1.29, 1.82) is 0 Å². The SMILES string of the molecule is CC(=O)N1CCN(Cc2nc3c(Br)cc(Br)cc3c(=O)[nH]2)CC1. The van der Waals surface area contributed by atoms with Crippen LogP contribution in [-0.2, 0) is 11.3 Å². The number of carbonyl (C=O) groups excluding carboxylic acids is 1. The quantitative estimate of drug-likeness (QED) is 0.771. The molecule has 3 rings (SSSR count). The molecule has 0 saturated carbocycles. The first kappa shape index (κ1) is 16.6. The third-order valence-corrected chi connectivity index (χ3v) is 5.03. The van der Waals surface area contributed by atoms with E-state index < -0.39 is 0 Å². The first-order valence-electron chi connectivity index (χ1n) is 7.30. The number of aromatic amines is 1. The van der Waals surface area contributed by atoms with Gasteiger partial charge in [-0.2, -0.15) is 0 Å². The molecule has 0 aliphatic carbocycles. The number of nitrogens with one attached hydrogen (secondary N) is 1. The number of aromatic nitrogens is 2. The number of piperazine rings is 1. The van der Waals surface area contributed by atoms with Gasteiger partial charge in [-0.1, -0.05) is 15.9 Å². The summed E-state index contributed by atoms with van der Waals surface area (Å²) in [6.45, 7) is 5.15. The minimum atomic E-state index is -0.144. The lowest BCUT2D eigenvalue weighted by molar-refractivity contribution is -0.130. The van der Waals surface area contributed by atoms with Gasteiger partial charge in [0.15, 0.2) is 0 Å². The number of fused-ring (bicyclic) bond motifs is 1. The number of halogens is 2. The molecule has 1 aliphatic heterocycles. The Morgan fingerprint density at radius 1 is 1.26 bits per heavy atom. The van der Waals surface area contributed by atoms with Crippen LogP contribution in [0.25, 0.3) is 10.9 Å². The summed E-state index contributed by atoms with van der Waals surface area (Å²) in [5.74, 6) is 0.748. The molecule has 1 aliphatic rings. The van der Waals surface area contributed by atoms with Crippen LogP contribution in [0.15, 0.2) is 25.9 Å². The average molecular weight is 444 g/mol. The lowest BCUT2D eigenvalue weighted by atomic mass is 10.2. The summed E-state index contributed by atoms with van der Waals surface area (Å²) in [5, 5.41) is 0.552. The van der Waals surface area contributed by atoms with Crippen LogP contribution in [0.3, 0.4) is 0 Å². The molecule has 1 aromatic heterocycles. The maximum atomic E-state index is 12.3. The van der Waals surface area contributed by atoms with Crippen molar-refractivity contribution in [3.8, 4) is 0 Å². The number of carbonyl (C=O) groups is 1. The Balaban J connectivity index is 1.82. The predicted molar refractivity (Wildman–Crippen MR) is 95.3 cm³/mol. The van der Waals surface area contributed by atoms with Gasteiger partial charge in [0.05, 0.1) is 17.4 Å². The van der Waals surface area contributed by atoms with E-state index >= 15 is 0 Å². The van der Waals surface area contributed by atoms with Gasteiger partial charge in [0.1, 0.15) is 5.82 Å². The Bertz CT molecular complexity index is 813. The molecule has 23 heavy (non-hydrogen) atoms. The Morgan fingerprint density at radius 2 is 1.96 bits per heavy atom. The zero-order valence-corrected chi connectivity index (χ0v) is 15.8. The van der Waals surface area contributed by atoms with Crippen molar-refractivity contribution < 1.29 is 4.79 Å². The average Bonchev–Trinajstić information content (AvgIpc) is 2.49. The Labute approximate surface area is 150 Å². The van der Waals surface area contributed by atoms with Crippen LogP contribution in [0.4, 0.5) is 0 Å². The van der Waals surface area contributed by atoms with Crippen LogP contribution in [-0.4, -0.2) is 51.9 Å². The summed E-state index contributed by atoms with van der Waals surface area (Å²) < 4.78 is 1.62. The molecule has 122 valence electrons. The summed E-state index contributed by atoms with van der Waals surface area (Å²) in [6.07, 6.45) is 0. The van der Waals surface area contributed by atoms with Gasteiger partial charge in [0.2, 0.25) is 5.91 Å². The van der Waals surface area contributed by atoms with Crippen LogP contribution < -0.4 is 5.56 Å². The minimum absolute atomic E-state index is 0.108. The molecule has 0 unspecified atom stereocenters. The van der Waals surface area contributed by atoms with Crippen molar-refractivity contribution in [1.82, 2.24) is 19.8 Å². The Morgan fingerprint density at radius 3 is 2.61 bits per heavy atom. The zero-order valence-electron chi connectivity index (χ0n) is 12.6. The molecule has 0 atom stereocenters. The maximum Gasteiger partial charge on any atom is 0.258 e. The van der Waals surface area contributed by atoms with Gasteiger partial charge in [0.25, 0.3) is 5.56 Å². The number of hydrogen-bond acceptors (Lipinski definition) is 4. The number of rotatable bonds is 2. The van der Waals surface area contributed by atoms with Crippen LogP contribution in [0, 0.1) is 0 Å². The number of amides is 1. The minimum Gasteiger partial charge on any atom is -0.340 e. The monoisotopic (exact) mass is 442 g/mol. The van der Waals surface area contributed by atoms with E-state index in [0.29, 0.717) is 36.4 Å². The van der Waals surface area contributed by atoms with Crippen molar-refractivity contribution >= 4 is 48.7 Å². The van der Waals surface area contributed by atoms with Crippen molar-refractivity contribution in [2.24, 2.45) is 0 Å². The van der Waals surface area contributed by atoms with Gasteiger partial charge in [-0.25, -0.2) is 4.98 Å². The molecule has 1 aromatic carbocycles. The molecule has 8 heteroatoms. The number of H-pyrrole nitrogens is 1. The van der Waals surface area contributed by atoms with E-state index in [1.165, 1.54) is 0 Å². The topological polar surface area (TPSA) is 69.3 Å². The largest absolute Gasteiger partial charge is 0.340 e. The van der Waals surface area contributed by atoms with Crippen molar-refractivity contribution in [3.63, 3.8) is 0 Å². The molecule has 1 fully saturated rings. The highest BCUT2D eigenvalue weighted by Crippen LogP contribution is 2.25. The highest BCUT2D eigenvalue weighted by Gasteiger charge is 2.19. The van der Waals surface area contributed by atoms with Gasteiger partial charge in [0, 0.05) is 42.0 Å². The molecule has 1 N–H and O–H groups in total. The van der Waals surface area contributed by atoms with E-state index in [1.54, 1.807) is 13.0 Å². The summed E-state index contributed by atoms with van der Waals surface area (Å²) >= 11 is 6.84. The fraction of sp³-hybridized carbons (Fsp3) is 0.400. The Kier molecular flexibility index (Phi) is 4.84. The zero-order chi connectivity index (χ0) is 16.6. The van der Waals surface area contributed by atoms with E-state index in [2.05, 4.69) is 46.7 Å². The molecule has 0 bridgehead atoms. The summed E-state index contributed by atoms with van der Waals surface area (Å²) in [6, 6.07) is 3.64. The van der Waals surface area contributed by atoms with Gasteiger partial charge in [-0.15, -0.1) is 0 Å². The predicted octanol–water partition coefficient (Wildman–Crippen LogP) is 2.11. The summed E-state index contributed by atoms with van der Waals surface area (Å²) in [5.41, 5.74) is 0.517. The fourth-order valence-electron chi connectivity index (χ4n) is 2.72. The lowest BCUT2D eigenvalue weighted by Gasteiger charge is -2.33. The second-order valence-electron chi connectivity index (χ2n) is 5.58. The molecular formula is C15H16Br2N4O2. The molecule has 6 nitrogen and oxygen atoms in total. The normalized spacial score (nSPS) is 16.0. The van der Waals surface area contributed by atoms with E-state index in [1.807, 2.05) is 11.0 Å². The first-order valence-corrected chi connectivity index (χ1v) is 8.88. The van der Waals surface area contributed by atoms with E-state index in [0.717, 1.165) is 22.0 Å². The molecular weight excluding hydrogens is 428 g/mol. The van der Waals surface area contributed by atoms with E-state index in [4.69, 9.17) is 0 Å². The summed E-state index contributed by atoms with van der Waals surface area (Å²) in [4.78, 5) is 35.1. The van der Waals surface area contributed by atoms with Gasteiger partial charge >= 0.3 is 0 Å². The van der Waals surface area contributed by atoms with Crippen LogP contribution >= 0.6 is 31.9 Å². The summed E-state index contributed by atoms with van der Waals surface area (Å²) in [7, 11) is 0. The number of benzene rings is 1. The number of nitrogens with zero attached hydrogens (tertiary/aromatic N) is 3. The molecule has 1 saturated heterocycles. The van der Waals surface area contributed by atoms with Crippen molar-refractivity contribution in [2.45, 2.75) is 13.5 Å². The van der Waals surface area contributed by atoms with Crippen LogP contribution in [0.2, 0.25) is 0 Å². The van der Waals surface area contributed by atoms with E-state index in [9.17, 15) is 9.59 Å². The van der Waals surface area contributed by atoms with Crippen molar-refractivity contribution in [2.75, 3.05) is 26.2 Å². The van der Waals surface area contributed by atoms with Crippen molar-refractivity contribution in [3.05, 3.63) is 37.3 Å². The molecule has 1 amide bonds. The van der Waals surface area contributed by atoms with Crippen LogP contribution in [0.5, 0.6) is 0 Å². The standard InChI is InChI=1S/C15H16Br2N4O2/c1-9(22)21-4-2-20(3-5-21)8-13-18-14-11(15(23)19-13)6-10(16)7-12(14)17/h6-7H,2-5,8H2,1H3,(H,18,19,23). The van der Waals surface area contributed by atoms with E-state index in [-0.39, 0.29) is 11.5 Å². The third kappa shape index (κ3) is 3.64. The van der Waals surface area contributed by atoms with Gasteiger partial charge in [-0.3, -0.25) is 14.5 Å². The lowest BCUT2D eigenvalue weighted by Crippen LogP contribution is -2.47. The third-order valence-electron chi connectivity index (χ3n) is 3.97. The molecule has 0 spiro atoms. The molecule has 0 radical (unpaired) electrons. The van der Waals surface area contributed by atoms with Gasteiger partial charge < -0.3 is 9.88 Å². The first-order chi connectivity index (χ1) is 10.9. The second kappa shape index (κ2) is 6.70. The highest BCUT2D eigenvalue weighted by atomic mass is 79.9. The maximum absolute atomic E-state index is 12.3. The fourth-order valence-corrected chi connectivity index (χ4v) is 4.04. The Hall–Kier alpha value is -1.25. The smallest absolute Gasteiger partial charge is 0.258 e. The van der Waals surface area contributed by atoms with Crippen LogP contribution in [0.1, 0.15) is 12.7 Å². The number of hydrogen-bond donors (Lipinski definition) is 1. The van der Waals surface area contributed by atoms with Gasteiger partial charge in [-0.05, 0) is 28.1 Å². The second-order valence-corrected chi connectivity index (χ2v) is 7.35.